The highest BCUT2D eigenvalue weighted by Gasteiger charge is 2.18. The molecule has 1 atom stereocenters. The van der Waals surface area contributed by atoms with Crippen LogP contribution in [0.1, 0.15) is 24.0 Å². The Morgan fingerprint density at radius 1 is 1.18 bits per heavy atom. The Kier molecular flexibility index (Phi) is 5.80. The lowest BCUT2D eigenvalue weighted by Crippen LogP contribution is -2.33. The van der Waals surface area contributed by atoms with Crippen molar-refractivity contribution in [1.29, 1.82) is 0 Å². The van der Waals surface area contributed by atoms with Crippen molar-refractivity contribution in [1.82, 2.24) is 4.98 Å². The van der Waals surface area contributed by atoms with Crippen molar-refractivity contribution in [2.45, 2.75) is 25.9 Å². The normalized spacial score (nSPS) is 18.9. The minimum Gasteiger partial charge on any atom is -0.491 e. The molecule has 0 N–H and O–H groups in total. The van der Waals surface area contributed by atoms with Gasteiger partial charge in [-0.1, -0.05) is 17.9 Å². The van der Waals surface area contributed by atoms with Gasteiger partial charge in [0.15, 0.2) is 0 Å². The lowest BCUT2D eigenvalue weighted by Gasteiger charge is -2.23. The van der Waals surface area contributed by atoms with Crippen molar-refractivity contribution >= 4 is 0 Å². The zero-order valence-corrected chi connectivity index (χ0v) is 16.4. The van der Waals surface area contributed by atoms with Gasteiger partial charge >= 0.3 is 0 Å². The highest BCUT2D eigenvalue weighted by atomic mass is 16.6. The zero-order chi connectivity index (χ0) is 19.3. The smallest absolute Gasteiger partial charge is 0.217 e. The quantitative estimate of drug-likeness (QED) is 0.743. The van der Waals surface area contributed by atoms with E-state index in [-0.39, 0.29) is 6.10 Å². The van der Waals surface area contributed by atoms with E-state index in [4.69, 9.17) is 18.9 Å². The number of aromatic nitrogens is 1. The summed E-state index contributed by atoms with van der Waals surface area (Å²) < 4.78 is 22.4. The summed E-state index contributed by atoms with van der Waals surface area (Å²) in [6.07, 6.45) is 2.42. The third-order valence-electron chi connectivity index (χ3n) is 4.81. The standard InChI is InChI=1S/C23H25NO4/c1-16-11-18(6-5-17-3-4-17)7-8-21(16)22-12-19(13-23(24-22)25-2)28-15-20-14-26-9-10-27-20/h7-8,11-13,17,20H,3-4,9-10,14-15H2,1-2H3. The third-order valence-corrected chi connectivity index (χ3v) is 4.81. The molecule has 0 radical (unpaired) electrons. The van der Waals surface area contributed by atoms with Crippen LogP contribution in [0.3, 0.4) is 0 Å². The largest absolute Gasteiger partial charge is 0.491 e. The van der Waals surface area contributed by atoms with E-state index < -0.39 is 0 Å². The number of aryl methyl sites for hydroxylation is 1. The lowest BCUT2D eigenvalue weighted by molar-refractivity contribution is -0.101. The predicted octanol–water partition coefficient (Wildman–Crippen LogP) is 3.62. The average molecular weight is 379 g/mol. The molecule has 0 bridgehead atoms. The molecule has 146 valence electrons. The molecule has 2 heterocycles. The van der Waals surface area contributed by atoms with Gasteiger partial charge in [0.05, 0.1) is 32.6 Å². The summed E-state index contributed by atoms with van der Waals surface area (Å²) in [7, 11) is 1.61. The molecular weight excluding hydrogens is 354 g/mol. The summed E-state index contributed by atoms with van der Waals surface area (Å²) in [5.41, 5.74) is 4.02. The Balaban J connectivity index is 1.53. The molecule has 0 amide bonds. The number of hydrogen-bond donors (Lipinski definition) is 0. The Labute approximate surface area is 166 Å². The molecule has 2 aromatic rings. The van der Waals surface area contributed by atoms with E-state index in [0.29, 0.717) is 44.0 Å². The highest BCUT2D eigenvalue weighted by molar-refractivity contribution is 5.67. The van der Waals surface area contributed by atoms with Crippen molar-refractivity contribution in [2.75, 3.05) is 33.5 Å². The first-order chi connectivity index (χ1) is 13.7. The van der Waals surface area contributed by atoms with Crippen LogP contribution < -0.4 is 9.47 Å². The maximum atomic E-state index is 5.94. The van der Waals surface area contributed by atoms with Crippen LogP contribution in [-0.2, 0) is 9.47 Å². The third kappa shape index (κ3) is 4.83. The molecule has 1 aromatic heterocycles. The van der Waals surface area contributed by atoms with E-state index in [1.807, 2.05) is 12.1 Å². The van der Waals surface area contributed by atoms with Crippen LogP contribution in [0.2, 0.25) is 0 Å². The van der Waals surface area contributed by atoms with Crippen LogP contribution in [-0.4, -0.2) is 44.6 Å². The molecule has 1 aromatic carbocycles. The number of ether oxygens (including phenoxy) is 4. The van der Waals surface area contributed by atoms with Gasteiger partial charge < -0.3 is 18.9 Å². The highest BCUT2D eigenvalue weighted by Crippen LogP contribution is 2.30. The summed E-state index contributed by atoms with van der Waals surface area (Å²) in [5.74, 6) is 8.39. The molecule has 1 saturated carbocycles. The van der Waals surface area contributed by atoms with Crippen LogP contribution in [0, 0.1) is 24.7 Å². The molecule has 28 heavy (non-hydrogen) atoms. The van der Waals surface area contributed by atoms with E-state index in [1.165, 1.54) is 12.8 Å². The van der Waals surface area contributed by atoms with E-state index in [1.54, 1.807) is 13.2 Å². The van der Waals surface area contributed by atoms with Crippen LogP contribution in [0.25, 0.3) is 11.3 Å². The first-order valence-electron chi connectivity index (χ1n) is 9.72. The molecule has 1 saturated heterocycles. The minimum absolute atomic E-state index is 0.0533. The Hall–Kier alpha value is -2.55. The van der Waals surface area contributed by atoms with Crippen molar-refractivity contribution in [3.63, 3.8) is 0 Å². The van der Waals surface area contributed by atoms with E-state index >= 15 is 0 Å². The van der Waals surface area contributed by atoms with Gasteiger partial charge in [-0.3, -0.25) is 0 Å². The predicted molar refractivity (Wildman–Crippen MR) is 107 cm³/mol. The molecule has 1 unspecified atom stereocenters. The number of nitrogens with zero attached hydrogens (tertiary/aromatic N) is 1. The second-order valence-electron chi connectivity index (χ2n) is 7.18. The number of benzene rings is 1. The van der Waals surface area contributed by atoms with Gasteiger partial charge in [-0.15, -0.1) is 0 Å². The van der Waals surface area contributed by atoms with Gasteiger partial charge in [0, 0.05) is 29.2 Å². The molecule has 0 spiro atoms. The molecule has 5 heteroatoms. The SMILES string of the molecule is COc1cc(OCC2COCCO2)cc(-c2ccc(C#CC3CC3)cc2C)n1. The van der Waals surface area contributed by atoms with Crippen molar-refractivity contribution in [2.24, 2.45) is 5.92 Å². The maximum Gasteiger partial charge on any atom is 0.217 e. The summed E-state index contributed by atoms with van der Waals surface area (Å²) in [6.45, 7) is 4.31. The van der Waals surface area contributed by atoms with Crippen LogP contribution in [0.4, 0.5) is 0 Å². The second kappa shape index (κ2) is 8.64. The van der Waals surface area contributed by atoms with Gasteiger partial charge in [-0.2, -0.15) is 0 Å². The summed E-state index contributed by atoms with van der Waals surface area (Å²) in [4.78, 5) is 4.60. The van der Waals surface area contributed by atoms with E-state index in [9.17, 15) is 0 Å². The van der Waals surface area contributed by atoms with Crippen molar-refractivity contribution in [3.05, 3.63) is 41.5 Å². The maximum absolute atomic E-state index is 5.94. The van der Waals surface area contributed by atoms with Crippen molar-refractivity contribution in [3.8, 4) is 34.7 Å². The summed E-state index contributed by atoms with van der Waals surface area (Å²) in [5, 5.41) is 0. The van der Waals surface area contributed by atoms with E-state index in [0.717, 1.165) is 22.4 Å². The number of hydrogen-bond acceptors (Lipinski definition) is 5. The first kappa shape index (κ1) is 18.8. The lowest BCUT2D eigenvalue weighted by atomic mass is 10.0. The van der Waals surface area contributed by atoms with E-state index in [2.05, 4.69) is 35.9 Å². The number of pyridine rings is 1. The molecular formula is C23H25NO4. The minimum atomic E-state index is -0.0533. The van der Waals surface area contributed by atoms with Gasteiger partial charge in [0.25, 0.3) is 0 Å². The van der Waals surface area contributed by atoms with Gasteiger partial charge in [-0.05, 0) is 37.5 Å². The van der Waals surface area contributed by atoms with Crippen LogP contribution in [0.15, 0.2) is 30.3 Å². The van der Waals surface area contributed by atoms with Gasteiger partial charge in [0.2, 0.25) is 5.88 Å². The zero-order valence-electron chi connectivity index (χ0n) is 16.4. The molecule has 2 aliphatic rings. The first-order valence-corrected chi connectivity index (χ1v) is 9.72. The fourth-order valence-electron chi connectivity index (χ4n) is 3.07. The Bertz CT molecular complexity index is 889. The second-order valence-corrected chi connectivity index (χ2v) is 7.18. The summed E-state index contributed by atoms with van der Waals surface area (Å²) in [6, 6.07) is 9.95. The average Bonchev–Trinajstić information content (AvgIpc) is 3.56. The monoisotopic (exact) mass is 379 g/mol. The van der Waals surface area contributed by atoms with Crippen LogP contribution >= 0.6 is 0 Å². The Morgan fingerprint density at radius 3 is 2.79 bits per heavy atom. The number of rotatable bonds is 5. The Morgan fingerprint density at radius 2 is 2.07 bits per heavy atom. The van der Waals surface area contributed by atoms with Crippen molar-refractivity contribution < 1.29 is 18.9 Å². The molecule has 1 aliphatic heterocycles. The van der Waals surface area contributed by atoms with Crippen LogP contribution in [0.5, 0.6) is 11.6 Å². The molecule has 2 fully saturated rings. The molecule has 5 nitrogen and oxygen atoms in total. The van der Waals surface area contributed by atoms with Gasteiger partial charge in [-0.25, -0.2) is 4.98 Å². The fourth-order valence-corrected chi connectivity index (χ4v) is 3.07. The molecule has 1 aliphatic carbocycles. The topological polar surface area (TPSA) is 49.8 Å². The number of methoxy groups -OCH3 is 1. The van der Waals surface area contributed by atoms with Gasteiger partial charge in [0.1, 0.15) is 18.5 Å². The summed E-state index contributed by atoms with van der Waals surface area (Å²) >= 11 is 0. The molecule has 4 rings (SSSR count). The fraction of sp³-hybridized carbons (Fsp3) is 0.435.